The number of carbonyl (C=O) groups is 1. The van der Waals surface area contributed by atoms with E-state index in [1.165, 1.54) is 6.20 Å². The molecule has 1 aromatic carbocycles. The van der Waals surface area contributed by atoms with Crippen molar-refractivity contribution >= 4 is 22.5 Å². The molecular formula is C19H19F2N5O3. The smallest absolute Gasteiger partial charge is 0.261 e. The third kappa shape index (κ3) is 3.69. The van der Waals surface area contributed by atoms with Gasteiger partial charge in [-0.3, -0.25) is 14.2 Å². The molecule has 3 heterocycles. The molecule has 0 bridgehead atoms. The molecule has 0 saturated carbocycles. The number of alkyl halides is 2. The van der Waals surface area contributed by atoms with Gasteiger partial charge in [0.2, 0.25) is 0 Å². The van der Waals surface area contributed by atoms with Crippen LogP contribution in [0.3, 0.4) is 0 Å². The van der Waals surface area contributed by atoms with Crippen LogP contribution in [0.2, 0.25) is 0 Å². The number of hydrogen-bond donors (Lipinski definition) is 0. The number of amides is 1. The molecule has 8 nitrogen and oxygen atoms in total. The minimum atomic E-state index is -2.62. The monoisotopic (exact) mass is 403 g/mol. The maximum atomic E-state index is 12.6. The highest BCUT2D eigenvalue weighted by molar-refractivity contribution is 5.95. The fraction of sp³-hybridized carbons (Fsp3) is 0.368. The van der Waals surface area contributed by atoms with Crippen LogP contribution in [0, 0.1) is 6.92 Å². The van der Waals surface area contributed by atoms with Crippen molar-refractivity contribution in [2.75, 3.05) is 31.1 Å². The van der Waals surface area contributed by atoms with Gasteiger partial charge < -0.3 is 14.3 Å². The van der Waals surface area contributed by atoms with Crippen molar-refractivity contribution in [1.82, 2.24) is 19.6 Å². The summed E-state index contributed by atoms with van der Waals surface area (Å²) in [6.07, 6.45) is -0.0370. The predicted molar refractivity (Wildman–Crippen MR) is 101 cm³/mol. The van der Waals surface area contributed by atoms with E-state index in [9.17, 15) is 18.4 Å². The molecule has 0 unspecified atom stereocenters. The van der Waals surface area contributed by atoms with Crippen LogP contribution in [0.5, 0.6) is 0 Å². The Morgan fingerprint density at radius 2 is 2.00 bits per heavy atom. The lowest BCUT2D eigenvalue weighted by Crippen LogP contribution is -2.48. The number of anilines is 1. The molecule has 29 heavy (non-hydrogen) atoms. The molecule has 2 aromatic heterocycles. The zero-order valence-corrected chi connectivity index (χ0v) is 15.7. The standard InChI is InChI=1S/C19H19F2N5O3/c1-12-15(9-23-29-12)19(28)25-6-4-24(5-7-25)13-2-3-14-16(8-13)22-11-26(18(14)27)10-17(20)21/h2-3,8-9,11,17H,4-7,10H2,1H3. The summed E-state index contributed by atoms with van der Waals surface area (Å²) in [4.78, 5) is 32.9. The third-order valence-electron chi connectivity index (χ3n) is 5.06. The molecule has 0 radical (unpaired) electrons. The van der Waals surface area contributed by atoms with Gasteiger partial charge in [0.25, 0.3) is 17.9 Å². The van der Waals surface area contributed by atoms with Crippen LogP contribution in [0.4, 0.5) is 14.5 Å². The van der Waals surface area contributed by atoms with E-state index in [4.69, 9.17) is 4.52 Å². The average molecular weight is 403 g/mol. The highest BCUT2D eigenvalue weighted by Gasteiger charge is 2.25. The van der Waals surface area contributed by atoms with Crippen LogP contribution in [-0.2, 0) is 6.54 Å². The Balaban J connectivity index is 1.49. The van der Waals surface area contributed by atoms with E-state index in [1.807, 2.05) is 0 Å². The van der Waals surface area contributed by atoms with Crippen LogP contribution in [0.1, 0.15) is 16.1 Å². The minimum Gasteiger partial charge on any atom is -0.368 e. The van der Waals surface area contributed by atoms with Gasteiger partial charge in [0, 0.05) is 31.9 Å². The summed E-state index contributed by atoms with van der Waals surface area (Å²) < 4.78 is 31.0. The summed E-state index contributed by atoms with van der Waals surface area (Å²) in [6.45, 7) is 3.32. The summed E-state index contributed by atoms with van der Waals surface area (Å²) in [5.74, 6) is 0.388. The lowest BCUT2D eigenvalue weighted by Gasteiger charge is -2.36. The van der Waals surface area contributed by atoms with Gasteiger partial charge in [-0.25, -0.2) is 13.8 Å². The Morgan fingerprint density at radius 3 is 2.66 bits per heavy atom. The van der Waals surface area contributed by atoms with Gasteiger partial charge in [-0.1, -0.05) is 5.16 Å². The Hall–Kier alpha value is -3.30. The van der Waals surface area contributed by atoms with Gasteiger partial charge in [-0.15, -0.1) is 0 Å². The summed E-state index contributed by atoms with van der Waals surface area (Å²) in [6, 6.07) is 5.16. The quantitative estimate of drug-likeness (QED) is 0.662. The first-order chi connectivity index (χ1) is 13.9. The molecular weight excluding hydrogens is 384 g/mol. The number of nitrogens with zero attached hydrogens (tertiary/aromatic N) is 5. The summed E-state index contributed by atoms with van der Waals surface area (Å²) >= 11 is 0. The molecule has 3 aromatic rings. The fourth-order valence-electron chi connectivity index (χ4n) is 3.46. The summed E-state index contributed by atoms with van der Waals surface area (Å²) in [5.41, 5.74) is 1.30. The van der Waals surface area contributed by atoms with Crippen molar-refractivity contribution < 1.29 is 18.1 Å². The second-order valence-corrected chi connectivity index (χ2v) is 6.87. The van der Waals surface area contributed by atoms with Crippen LogP contribution >= 0.6 is 0 Å². The third-order valence-corrected chi connectivity index (χ3v) is 5.06. The molecule has 1 aliphatic heterocycles. The van der Waals surface area contributed by atoms with E-state index < -0.39 is 18.5 Å². The number of piperazine rings is 1. The number of fused-ring (bicyclic) bond motifs is 1. The van der Waals surface area contributed by atoms with Gasteiger partial charge in [0.1, 0.15) is 11.3 Å². The molecule has 0 aliphatic carbocycles. The Bertz CT molecular complexity index is 1100. The van der Waals surface area contributed by atoms with Crippen molar-refractivity contribution in [3.05, 3.63) is 52.4 Å². The highest BCUT2D eigenvalue weighted by atomic mass is 19.3. The predicted octanol–water partition coefficient (Wildman–Crippen LogP) is 1.92. The molecule has 1 aliphatic rings. The molecule has 1 fully saturated rings. The van der Waals surface area contributed by atoms with E-state index in [-0.39, 0.29) is 5.91 Å². The molecule has 1 saturated heterocycles. The number of hydrogen-bond acceptors (Lipinski definition) is 6. The van der Waals surface area contributed by atoms with Gasteiger partial charge in [-0.2, -0.15) is 0 Å². The second-order valence-electron chi connectivity index (χ2n) is 6.87. The second kappa shape index (κ2) is 7.61. The number of rotatable bonds is 4. The number of halogens is 2. The van der Waals surface area contributed by atoms with Crippen LogP contribution in [-0.4, -0.2) is 58.1 Å². The van der Waals surface area contributed by atoms with Gasteiger partial charge in [0.15, 0.2) is 0 Å². The molecule has 4 rings (SSSR count). The highest BCUT2D eigenvalue weighted by Crippen LogP contribution is 2.21. The lowest BCUT2D eigenvalue weighted by atomic mass is 10.1. The van der Waals surface area contributed by atoms with Crippen molar-refractivity contribution in [1.29, 1.82) is 0 Å². The SMILES string of the molecule is Cc1oncc1C(=O)N1CCN(c2ccc3c(=O)n(CC(F)F)cnc3c2)CC1. The molecule has 1 amide bonds. The maximum Gasteiger partial charge on any atom is 0.261 e. The van der Waals surface area contributed by atoms with E-state index in [1.54, 1.807) is 30.0 Å². The van der Waals surface area contributed by atoms with Crippen molar-refractivity contribution in [3.63, 3.8) is 0 Å². The maximum absolute atomic E-state index is 12.6. The van der Waals surface area contributed by atoms with E-state index >= 15 is 0 Å². The Kier molecular flexibility index (Phi) is 4.99. The summed E-state index contributed by atoms with van der Waals surface area (Å²) in [7, 11) is 0. The topological polar surface area (TPSA) is 84.5 Å². The van der Waals surface area contributed by atoms with Gasteiger partial charge >= 0.3 is 0 Å². The molecule has 0 N–H and O–H groups in total. The van der Waals surface area contributed by atoms with E-state index in [2.05, 4.69) is 15.0 Å². The largest absolute Gasteiger partial charge is 0.368 e. The van der Waals surface area contributed by atoms with Crippen molar-refractivity contribution in [3.8, 4) is 0 Å². The van der Waals surface area contributed by atoms with Gasteiger partial charge in [0.05, 0.1) is 30.0 Å². The number of aromatic nitrogens is 3. The first-order valence-electron chi connectivity index (χ1n) is 9.17. The van der Waals surface area contributed by atoms with Crippen molar-refractivity contribution in [2.45, 2.75) is 19.9 Å². The average Bonchev–Trinajstić information content (AvgIpc) is 3.15. The van der Waals surface area contributed by atoms with Crippen molar-refractivity contribution in [2.24, 2.45) is 0 Å². The van der Waals surface area contributed by atoms with E-state index in [0.29, 0.717) is 48.4 Å². The first kappa shape index (κ1) is 19.0. The number of benzene rings is 1. The first-order valence-corrected chi connectivity index (χ1v) is 9.17. The normalized spacial score (nSPS) is 14.8. The number of carbonyl (C=O) groups excluding carboxylic acids is 1. The molecule has 152 valence electrons. The zero-order chi connectivity index (χ0) is 20.5. The van der Waals surface area contributed by atoms with Crippen LogP contribution in [0.25, 0.3) is 10.9 Å². The fourth-order valence-corrected chi connectivity index (χ4v) is 3.46. The number of aryl methyl sites for hydroxylation is 1. The minimum absolute atomic E-state index is 0.108. The van der Waals surface area contributed by atoms with Crippen LogP contribution < -0.4 is 10.5 Å². The molecule has 10 heteroatoms. The van der Waals surface area contributed by atoms with E-state index in [0.717, 1.165) is 16.6 Å². The van der Waals surface area contributed by atoms with Gasteiger partial charge in [-0.05, 0) is 25.1 Å². The summed E-state index contributed by atoms with van der Waals surface area (Å²) in [5, 5.41) is 3.95. The Labute approximate surface area is 164 Å². The molecule has 0 atom stereocenters. The van der Waals surface area contributed by atoms with Crippen LogP contribution in [0.15, 0.2) is 40.0 Å². The zero-order valence-electron chi connectivity index (χ0n) is 15.7. The lowest BCUT2D eigenvalue weighted by molar-refractivity contribution is 0.0745. The Morgan fingerprint density at radius 1 is 1.24 bits per heavy atom. The molecule has 0 spiro atoms.